The summed E-state index contributed by atoms with van der Waals surface area (Å²) in [7, 11) is 0. The number of fused-ring (bicyclic) bond motifs is 6. The summed E-state index contributed by atoms with van der Waals surface area (Å²) in [6.45, 7) is 13.0. The van der Waals surface area contributed by atoms with Crippen molar-refractivity contribution >= 4 is 11.4 Å². The summed E-state index contributed by atoms with van der Waals surface area (Å²) < 4.78 is 0. The summed E-state index contributed by atoms with van der Waals surface area (Å²) >= 11 is 0. The number of hydrogen-bond donors (Lipinski definition) is 1. The van der Waals surface area contributed by atoms with Crippen molar-refractivity contribution in [1.82, 2.24) is 9.88 Å². The molecule has 0 aromatic carbocycles. The molecule has 1 fully saturated rings. The second kappa shape index (κ2) is 4.98. The van der Waals surface area contributed by atoms with Gasteiger partial charge in [-0.1, -0.05) is 32.1 Å². The Kier molecular flexibility index (Phi) is 3.22. The van der Waals surface area contributed by atoms with Gasteiger partial charge in [0.05, 0.1) is 22.8 Å². The zero-order valence-electron chi connectivity index (χ0n) is 15.2. The molecule has 1 aromatic heterocycles. The summed E-state index contributed by atoms with van der Waals surface area (Å²) in [4.78, 5) is 7.39. The van der Waals surface area contributed by atoms with Gasteiger partial charge in [0.1, 0.15) is 0 Å². The maximum atomic E-state index is 6.21. The van der Waals surface area contributed by atoms with Gasteiger partial charge in [-0.05, 0) is 55.7 Å². The number of aryl methyl sites for hydroxylation is 1. The average molecular weight is 321 g/mol. The van der Waals surface area contributed by atoms with Gasteiger partial charge in [-0.2, -0.15) is 0 Å². The van der Waals surface area contributed by atoms with Gasteiger partial charge < -0.3 is 10.6 Å². The van der Waals surface area contributed by atoms with Crippen LogP contribution in [-0.2, 0) is 0 Å². The van der Waals surface area contributed by atoms with Crippen molar-refractivity contribution in [2.75, 3.05) is 5.73 Å². The molecule has 1 saturated carbocycles. The minimum atomic E-state index is 0.273. The van der Waals surface area contributed by atoms with E-state index in [1.54, 1.807) is 0 Å². The van der Waals surface area contributed by atoms with Crippen molar-refractivity contribution in [3.8, 4) is 0 Å². The highest BCUT2D eigenvalue weighted by Gasteiger charge is 2.50. The fraction of sp³-hybridized carbons (Fsp3) is 0.476. The first-order valence-corrected chi connectivity index (χ1v) is 8.92. The lowest BCUT2D eigenvalue weighted by molar-refractivity contribution is 0.193. The Labute approximate surface area is 145 Å². The lowest BCUT2D eigenvalue weighted by Gasteiger charge is -2.47. The van der Waals surface area contributed by atoms with Gasteiger partial charge in [0.2, 0.25) is 0 Å². The molecule has 0 spiro atoms. The van der Waals surface area contributed by atoms with Gasteiger partial charge in [-0.25, -0.2) is 4.98 Å². The topological polar surface area (TPSA) is 42.2 Å². The molecule has 0 bridgehead atoms. The van der Waals surface area contributed by atoms with Crippen molar-refractivity contribution in [3.05, 3.63) is 53.0 Å². The van der Waals surface area contributed by atoms with E-state index in [1.807, 2.05) is 6.92 Å². The number of anilines is 1. The summed E-state index contributed by atoms with van der Waals surface area (Å²) in [5.41, 5.74) is 14.5. The molecule has 126 valence electrons. The third-order valence-electron chi connectivity index (χ3n) is 6.14. The van der Waals surface area contributed by atoms with E-state index in [1.165, 1.54) is 29.7 Å². The van der Waals surface area contributed by atoms with Crippen LogP contribution in [0.2, 0.25) is 0 Å². The zero-order valence-corrected chi connectivity index (χ0v) is 15.2. The Morgan fingerprint density at radius 3 is 2.88 bits per heavy atom. The largest absolute Gasteiger partial charge is 0.397 e. The maximum absolute atomic E-state index is 6.21. The maximum Gasteiger partial charge on any atom is 0.0903 e. The number of aromatic nitrogens is 1. The molecule has 24 heavy (non-hydrogen) atoms. The predicted octanol–water partition coefficient (Wildman–Crippen LogP) is 4.76. The standard InChI is InChI=1S/C21H27N3/c1-12(2)14-6-7-18-19-16(10-17(22)13(3)23-19)15-8-9-21(4,5)20(15)24(18)11-14/h7,10-11,15,20H,1,6,8-9,22H2,2-5H3. The summed E-state index contributed by atoms with van der Waals surface area (Å²) in [5.74, 6) is 0.503. The number of allylic oxidation sites excluding steroid dienone is 3. The lowest BCUT2D eigenvalue weighted by atomic mass is 9.77. The molecule has 1 aliphatic carbocycles. The summed E-state index contributed by atoms with van der Waals surface area (Å²) in [5, 5.41) is 0. The van der Waals surface area contributed by atoms with E-state index in [2.05, 4.69) is 50.6 Å². The van der Waals surface area contributed by atoms with E-state index in [9.17, 15) is 0 Å². The highest BCUT2D eigenvalue weighted by molar-refractivity contribution is 5.72. The number of nitrogens with zero attached hydrogens (tertiary/aromatic N) is 2. The highest BCUT2D eigenvalue weighted by Crippen LogP contribution is 2.56. The van der Waals surface area contributed by atoms with E-state index in [4.69, 9.17) is 10.7 Å². The second-order valence-electron chi connectivity index (χ2n) is 8.31. The molecule has 3 heteroatoms. The first-order chi connectivity index (χ1) is 11.3. The van der Waals surface area contributed by atoms with Crippen LogP contribution in [0.4, 0.5) is 5.69 Å². The molecule has 2 atom stereocenters. The number of hydrogen-bond acceptors (Lipinski definition) is 3. The van der Waals surface area contributed by atoms with E-state index in [-0.39, 0.29) is 5.41 Å². The molecule has 3 heterocycles. The van der Waals surface area contributed by atoms with Crippen LogP contribution in [0.25, 0.3) is 5.70 Å². The fourth-order valence-corrected chi connectivity index (χ4v) is 4.73. The minimum absolute atomic E-state index is 0.273. The third kappa shape index (κ3) is 2.07. The molecule has 0 saturated heterocycles. The fourth-order valence-electron chi connectivity index (χ4n) is 4.73. The van der Waals surface area contributed by atoms with Crippen LogP contribution >= 0.6 is 0 Å². The number of pyridine rings is 1. The zero-order chi connectivity index (χ0) is 17.2. The quantitative estimate of drug-likeness (QED) is 0.810. The van der Waals surface area contributed by atoms with Gasteiger partial charge in [-0.3, -0.25) is 0 Å². The van der Waals surface area contributed by atoms with Crippen LogP contribution in [-0.4, -0.2) is 15.9 Å². The number of rotatable bonds is 1. The molecule has 4 rings (SSSR count). The first kappa shape index (κ1) is 15.5. The van der Waals surface area contributed by atoms with Gasteiger partial charge >= 0.3 is 0 Å². The molecule has 1 aromatic rings. The van der Waals surface area contributed by atoms with Crippen molar-refractivity contribution in [1.29, 1.82) is 0 Å². The number of nitrogens with two attached hydrogens (primary N) is 1. The molecule has 3 nitrogen and oxygen atoms in total. The van der Waals surface area contributed by atoms with Crippen molar-refractivity contribution < 1.29 is 0 Å². The van der Waals surface area contributed by atoms with Gasteiger partial charge in [-0.15, -0.1) is 0 Å². The lowest BCUT2D eigenvalue weighted by Crippen LogP contribution is -2.45. The van der Waals surface area contributed by atoms with Gasteiger partial charge in [0.15, 0.2) is 0 Å². The molecule has 0 amide bonds. The van der Waals surface area contributed by atoms with Gasteiger partial charge in [0.25, 0.3) is 0 Å². The molecular formula is C21H27N3. The Balaban J connectivity index is 1.93. The van der Waals surface area contributed by atoms with E-state index in [0.717, 1.165) is 29.1 Å². The predicted molar refractivity (Wildman–Crippen MR) is 100 cm³/mol. The monoisotopic (exact) mass is 321 g/mol. The molecule has 2 N–H and O–H groups in total. The minimum Gasteiger partial charge on any atom is -0.397 e. The van der Waals surface area contributed by atoms with Crippen LogP contribution in [0.5, 0.6) is 0 Å². The molecular weight excluding hydrogens is 294 g/mol. The highest BCUT2D eigenvalue weighted by atomic mass is 15.2. The van der Waals surface area contributed by atoms with Crippen LogP contribution < -0.4 is 5.73 Å². The van der Waals surface area contributed by atoms with Crippen LogP contribution in [0, 0.1) is 12.3 Å². The Morgan fingerprint density at radius 1 is 1.42 bits per heavy atom. The molecule has 0 radical (unpaired) electrons. The first-order valence-electron chi connectivity index (χ1n) is 8.92. The second-order valence-corrected chi connectivity index (χ2v) is 8.31. The molecule has 3 aliphatic rings. The van der Waals surface area contributed by atoms with Gasteiger partial charge in [0, 0.05) is 18.2 Å². The van der Waals surface area contributed by atoms with Crippen LogP contribution in [0.3, 0.4) is 0 Å². The van der Waals surface area contributed by atoms with E-state index >= 15 is 0 Å². The Morgan fingerprint density at radius 2 is 2.17 bits per heavy atom. The SMILES string of the molecule is C=C(C)C1=CN2C(=CC1)c1nc(C)c(N)cc1C1CCC(C)(C)C12. The number of nitrogen functional groups attached to an aromatic ring is 1. The summed E-state index contributed by atoms with van der Waals surface area (Å²) in [6, 6.07) is 2.65. The van der Waals surface area contributed by atoms with E-state index in [0.29, 0.717) is 12.0 Å². The Bertz CT molecular complexity index is 798. The summed E-state index contributed by atoms with van der Waals surface area (Å²) in [6.07, 6.45) is 8.03. The molecule has 2 aliphatic heterocycles. The van der Waals surface area contributed by atoms with Crippen LogP contribution in [0.1, 0.15) is 62.9 Å². The Hall–Kier alpha value is -2.03. The van der Waals surface area contributed by atoms with Crippen LogP contribution in [0.15, 0.2) is 36.1 Å². The van der Waals surface area contributed by atoms with Crippen molar-refractivity contribution in [2.24, 2.45) is 5.41 Å². The average Bonchev–Trinajstić information content (AvgIpc) is 2.84. The third-order valence-corrected chi connectivity index (χ3v) is 6.14. The molecule has 2 unspecified atom stereocenters. The smallest absolute Gasteiger partial charge is 0.0903 e. The van der Waals surface area contributed by atoms with Crippen molar-refractivity contribution in [2.45, 2.75) is 58.9 Å². The van der Waals surface area contributed by atoms with E-state index < -0.39 is 0 Å². The van der Waals surface area contributed by atoms with Crippen molar-refractivity contribution in [3.63, 3.8) is 0 Å². The normalized spacial score (nSPS) is 26.9.